The summed E-state index contributed by atoms with van der Waals surface area (Å²) < 4.78 is 0.277. The second-order valence-corrected chi connectivity index (χ2v) is 8.22. The largest absolute Gasteiger partial charge is 0.352 e. The molecular formula is C18H25IN4S. The summed E-state index contributed by atoms with van der Waals surface area (Å²) in [6, 6.07) is 10.4. The van der Waals surface area contributed by atoms with Gasteiger partial charge in [-0.05, 0) is 31.5 Å². The Morgan fingerprint density at radius 3 is 2.88 bits per heavy atom. The fourth-order valence-electron chi connectivity index (χ4n) is 3.01. The number of aliphatic imine (C=N–C) groups is 1. The first-order chi connectivity index (χ1) is 11.1. The van der Waals surface area contributed by atoms with E-state index in [1.807, 2.05) is 31.1 Å². The molecule has 0 saturated carbocycles. The van der Waals surface area contributed by atoms with Gasteiger partial charge >= 0.3 is 0 Å². The summed E-state index contributed by atoms with van der Waals surface area (Å²) in [5.41, 5.74) is 2.29. The molecular weight excluding hydrogens is 431 g/mol. The molecule has 2 aromatic rings. The molecule has 6 heteroatoms. The van der Waals surface area contributed by atoms with Crippen LogP contribution in [0.15, 0.2) is 41.5 Å². The van der Waals surface area contributed by atoms with Crippen LogP contribution in [0, 0.1) is 0 Å². The zero-order valence-electron chi connectivity index (χ0n) is 14.5. The van der Waals surface area contributed by atoms with Crippen LogP contribution in [-0.4, -0.2) is 46.5 Å². The third kappa shape index (κ3) is 4.53. The van der Waals surface area contributed by atoms with Crippen molar-refractivity contribution in [3.8, 4) is 0 Å². The Morgan fingerprint density at radius 1 is 1.33 bits per heavy atom. The van der Waals surface area contributed by atoms with Gasteiger partial charge in [-0.25, -0.2) is 0 Å². The third-order valence-corrected chi connectivity index (χ3v) is 5.41. The zero-order chi connectivity index (χ0) is 16.3. The van der Waals surface area contributed by atoms with Crippen molar-refractivity contribution in [1.29, 1.82) is 0 Å². The molecule has 1 aliphatic rings. The van der Waals surface area contributed by atoms with Gasteiger partial charge in [-0.15, -0.1) is 24.0 Å². The van der Waals surface area contributed by atoms with Crippen molar-refractivity contribution in [1.82, 2.24) is 15.2 Å². The Morgan fingerprint density at radius 2 is 2.12 bits per heavy atom. The minimum absolute atomic E-state index is 0. The van der Waals surface area contributed by atoms with Crippen LogP contribution in [0.2, 0.25) is 0 Å². The van der Waals surface area contributed by atoms with E-state index in [9.17, 15) is 0 Å². The fraction of sp³-hybridized carbons (Fsp3) is 0.444. The lowest BCUT2D eigenvalue weighted by Crippen LogP contribution is -2.50. The van der Waals surface area contributed by atoms with Gasteiger partial charge in [0.25, 0.3) is 0 Å². The molecule has 2 heterocycles. The normalized spacial score (nSPS) is 17.5. The second-order valence-electron chi connectivity index (χ2n) is 6.42. The molecule has 1 saturated heterocycles. The lowest BCUT2D eigenvalue weighted by Gasteiger charge is -2.39. The zero-order valence-corrected chi connectivity index (χ0v) is 17.6. The molecule has 0 bridgehead atoms. The number of pyridine rings is 1. The van der Waals surface area contributed by atoms with E-state index in [4.69, 9.17) is 0 Å². The van der Waals surface area contributed by atoms with Crippen LogP contribution < -0.4 is 5.32 Å². The molecule has 0 unspecified atom stereocenters. The molecule has 130 valence electrons. The van der Waals surface area contributed by atoms with Gasteiger partial charge in [-0.1, -0.05) is 18.2 Å². The number of aromatic nitrogens is 1. The molecule has 0 amide bonds. The van der Waals surface area contributed by atoms with Crippen LogP contribution in [-0.2, 0) is 6.54 Å². The van der Waals surface area contributed by atoms with E-state index in [0.29, 0.717) is 0 Å². The first-order valence-electron chi connectivity index (χ1n) is 8.01. The van der Waals surface area contributed by atoms with E-state index >= 15 is 0 Å². The molecule has 1 aliphatic heterocycles. The summed E-state index contributed by atoms with van der Waals surface area (Å²) in [4.78, 5) is 11.3. The van der Waals surface area contributed by atoms with Crippen LogP contribution in [0.3, 0.4) is 0 Å². The highest BCUT2D eigenvalue weighted by molar-refractivity contribution is 14.0. The molecule has 24 heavy (non-hydrogen) atoms. The molecule has 0 radical (unpaired) electrons. The Bertz CT molecular complexity index is 712. The quantitative estimate of drug-likeness (QED) is 0.425. The van der Waals surface area contributed by atoms with Crippen molar-refractivity contribution in [2.45, 2.75) is 25.1 Å². The average molecular weight is 456 g/mol. The monoisotopic (exact) mass is 456 g/mol. The molecule has 0 atom stereocenters. The molecule has 1 fully saturated rings. The van der Waals surface area contributed by atoms with Crippen LogP contribution in [0.1, 0.15) is 19.4 Å². The smallest absolute Gasteiger partial charge is 0.193 e. The maximum absolute atomic E-state index is 4.48. The van der Waals surface area contributed by atoms with E-state index in [-0.39, 0.29) is 28.7 Å². The predicted octanol–water partition coefficient (Wildman–Crippen LogP) is 3.76. The minimum Gasteiger partial charge on any atom is -0.352 e. The number of nitrogens with zero attached hydrogens (tertiary/aromatic N) is 3. The maximum atomic E-state index is 4.48. The Hall–Kier alpha value is -1.02. The van der Waals surface area contributed by atoms with Crippen LogP contribution >= 0.6 is 35.7 Å². The number of benzene rings is 1. The molecule has 1 N–H and O–H groups in total. The molecule has 0 aliphatic carbocycles. The summed E-state index contributed by atoms with van der Waals surface area (Å²) in [5, 5.41) is 4.73. The number of fused-ring (bicyclic) bond motifs is 1. The standard InChI is InChI=1S/C18H24N4S.HI/c1-18(2)13-22(10-11-23-18)17(19-3)21-12-14-8-9-20-16-7-5-4-6-15(14)16;/h4-9H,10-13H2,1-3H3,(H,19,21);1H. The van der Waals surface area contributed by atoms with Gasteiger partial charge in [0.1, 0.15) is 0 Å². The first kappa shape index (κ1) is 19.3. The van der Waals surface area contributed by atoms with Gasteiger partial charge < -0.3 is 10.2 Å². The SMILES string of the molecule is CN=C(NCc1ccnc2ccccc12)N1CCSC(C)(C)C1.I. The van der Waals surface area contributed by atoms with Crippen molar-refractivity contribution >= 4 is 52.6 Å². The minimum atomic E-state index is 0. The van der Waals surface area contributed by atoms with E-state index in [0.717, 1.165) is 36.9 Å². The number of guanidine groups is 1. The molecule has 4 nitrogen and oxygen atoms in total. The van der Waals surface area contributed by atoms with Crippen molar-refractivity contribution in [2.75, 3.05) is 25.9 Å². The molecule has 0 spiro atoms. The van der Waals surface area contributed by atoms with Gasteiger partial charge in [0, 0.05) is 48.8 Å². The number of nitrogens with one attached hydrogen (secondary N) is 1. The van der Waals surface area contributed by atoms with E-state index in [1.54, 1.807) is 0 Å². The number of halogens is 1. The lowest BCUT2D eigenvalue weighted by molar-refractivity contribution is 0.376. The summed E-state index contributed by atoms with van der Waals surface area (Å²) in [6.07, 6.45) is 1.88. The van der Waals surface area contributed by atoms with Gasteiger partial charge in [0.05, 0.1) is 5.52 Å². The Balaban J connectivity index is 0.00000208. The van der Waals surface area contributed by atoms with Gasteiger partial charge in [-0.2, -0.15) is 11.8 Å². The average Bonchev–Trinajstić information content (AvgIpc) is 2.55. The number of thioether (sulfide) groups is 1. The topological polar surface area (TPSA) is 40.5 Å². The summed E-state index contributed by atoms with van der Waals surface area (Å²) >= 11 is 2.04. The first-order valence-corrected chi connectivity index (χ1v) is 9.00. The molecule has 3 rings (SSSR count). The summed E-state index contributed by atoms with van der Waals surface area (Å²) in [5.74, 6) is 2.13. The third-order valence-electron chi connectivity index (χ3n) is 4.11. The highest BCUT2D eigenvalue weighted by atomic mass is 127. The van der Waals surface area contributed by atoms with Gasteiger partial charge in [-0.3, -0.25) is 9.98 Å². The van der Waals surface area contributed by atoms with Crippen molar-refractivity contribution in [2.24, 2.45) is 4.99 Å². The van der Waals surface area contributed by atoms with E-state index in [2.05, 4.69) is 58.3 Å². The molecule has 1 aromatic carbocycles. The van der Waals surface area contributed by atoms with Crippen LogP contribution in [0.25, 0.3) is 10.9 Å². The number of rotatable bonds is 2. The van der Waals surface area contributed by atoms with Crippen molar-refractivity contribution in [3.63, 3.8) is 0 Å². The fourth-order valence-corrected chi connectivity index (χ4v) is 4.12. The Labute approximate surface area is 165 Å². The van der Waals surface area contributed by atoms with Gasteiger partial charge in [0.15, 0.2) is 5.96 Å². The maximum Gasteiger partial charge on any atom is 0.193 e. The Kier molecular flexibility index (Phi) is 6.74. The molecule has 1 aromatic heterocycles. The number of hydrogen-bond donors (Lipinski definition) is 1. The number of para-hydroxylation sites is 1. The van der Waals surface area contributed by atoms with Crippen LogP contribution in [0.5, 0.6) is 0 Å². The van der Waals surface area contributed by atoms with E-state index < -0.39 is 0 Å². The van der Waals surface area contributed by atoms with Gasteiger partial charge in [0.2, 0.25) is 0 Å². The highest BCUT2D eigenvalue weighted by Crippen LogP contribution is 2.29. The summed E-state index contributed by atoms with van der Waals surface area (Å²) in [6.45, 7) is 7.43. The number of hydrogen-bond acceptors (Lipinski definition) is 3. The lowest BCUT2D eigenvalue weighted by atomic mass is 10.1. The van der Waals surface area contributed by atoms with Crippen molar-refractivity contribution < 1.29 is 0 Å². The predicted molar refractivity (Wildman–Crippen MR) is 115 cm³/mol. The highest BCUT2D eigenvalue weighted by Gasteiger charge is 2.28. The van der Waals surface area contributed by atoms with Crippen LogP contribution in [0.4, 0.5) is 0 Å². The summed E-state index contributed by atoms with van der Waals surface area (Å²) in [7, 11) is 1.86. The van der Waals surface area contributed by atoms with E-state index in [1.165, 1.54) is 10.9 Å². The van der Waals surface area contributed by atoms with Crippen molar-refractivity contribution in [3.05, 3.63) is 42.1 Å². The second kappa shape index (κ2) is 8.38.